The van der Waals surface area contributed by atoms with Crippen molar-refractivity contribution in [1.29, 1.82) is 0 Å². The first-order chi connectivity index (χ1) is 49.6. The van der Waals surface area contributed by atoms with Gasteiger partial charge in [0.05, 0.1) is 34.4 Å². The van der Waals surface area contributed by atoms with E-state index in [2.05, 4.69) is 148 Å². The van der Waals surface area contributed by atoms with Crippen molar-refractivity contribution in [3.8, 4) is 0 Å². The van der Waals surface area contributed by atoms with E-state index in [1.807, 2.05) is 21.1 Å². The van der Waals surface area contributed by atoms with Gasteiger partial charge in [-0.25, -0.2) is 4.79 Å². The van der Waals surface area contributed by atoms with E-state index in [0.29, 0.717) is 23.9 Å². The predicted octanol–water partition coefficient (Wildman–Crippen LogP) is 27.6. The van der Waals surface area contributed by atoms with E-state index in [0.717, 1.165) is 103 Å². The van der Waals surface area contributed by atoms with Crippen molar-refractivity contribution in [1.82, 2.24) is 0 Å². The summed E-state index contributed by atoms with van der Waals surface area (Å²) >= 11 is 0. The van der Waals surface area contributed by atoms with Gasteiger partial charge >= 0.3 is 17.9 Å². The molecular weight excluding hydrogens is 1250 g/mol. The van der Waals surface area contributed by atoms with Crippen LogP contribution < -0.4 is 0 Å². The van der Waals surface area contributed by atoms with Gasteiger partial charge < -0.3 is 28.5 Å². The number of rotatable bonds is 78. The monoisotopic (exact) mass is 1410 g/mol. The molecule has 101 heavy (non-hydrogen) atoms. The maximum Gasteiger partial charge on any atom is 0.361 e. The molecule has 2 unspecified atom stereocenters. The Labute approximate surface area is 624 Å². The average Bonchev–Trinajstić information content (AvgIpc) is 1.21. The second-order valence-corrected chi connectivity index (χ2v) is 29.4. The molecule has 0 amide bonds. The maximum absolute atomic E-state index is 13.0. The zero-order chi connectivity index (χ0) is 73.2. The van der Waals surface area contributed by atoms with Crippen molar-refractivity contribution in [3.63, 3.8) is 0 Å². The lowest BCUT2D eigenvalue weighted by molar-refractivity contribution is -0.870. The first-order valence-corrected chi connectivity index (χ1v) is 42.3. The SMILES string of the molecule is CC/C=C\C/C=C\C/C=C\C/C=C\C/C=C\C/C=C\C/C=C\C/C=C\C/C=C\CCCCCCCCCCCCCCCC(=O)OC(COC(=O)CCCCCCCCCCCCCCCCCCCCCCCCC/C=C\C/C=C\CCCCCCC)COC(OCC[N+](C)(C)C)C(=O)O. The average molecular weight is 1410 g/mol. The summed E-state index contributed by atoms with van der Waals surface area (Å²) in [6, 6.07) is 0. The second kappa shape index (κ2) is 81.1. The number of quaternary nitrogens is 1. The van der Waals surface area contributed by atoms with Crippen LogP contribution in [0.15, 0.2) is 134 Å². The topological polar surface area (TPSA) is 108 Å². The van der Waals surface area contributed by atoms with E-state index < -0.39 is 24.3 Å². The third-order valence-corrected chi connectivity index (χ3v) is 18.4. The van der Waals surface area contributed by atoms with Gasteiger partial charge in [-0.15, -0.1) is 0 Å². The van der Waals surface area contributed by atoms with Gasteiger partial charge in [0, 0.05) is 12.8 Å². The molecule has 0 rings (SSSR count). The minimum Gasteiger partial charge on any atom is -0.477 e. The Balaban J connectivity index is 4.02. The Morgan fingerprint density at radius 2 is 0.564 bits per heavy atom. The molecule has 0 aromatic rings. The number of carboxylic acids is 1. The first-order valence-electron chi connectivity index (χ1n) is 42.3. The van der Waals surface area contributed by atoms with Gasteiger partial charge in [-0.2, -0.15) is 0 Å². The summed E-state index contributed by atoms with van der Waals surface area (Å²) in [4.78, 5) is 37.8. The number of carbonyl (C=O) groups excluding carboxylic acids is 2. The van der Waals surface area contributed by atoms with Crippen LogP contribution in [0.5, 0.6) is 0 Å². The summed E-state index contributed by atoms with van der Waals surface area (Å²) in [6.07, 6.45) is 115. The predicted molar refractivity (Wildman–Crippen MR) is 438 cm³/mol. The number of ether oxygens (including phenoxy) is 4. The van der Waals surface area contributed by atoms with Crippen LogP contribution >= 0.6 is 0 Å². The van der Waals surface area contributed by atoms with Gasteiger partial charge in [-0.05, 0) is 116 Å². The standard InChI is InChI=1S/C92H159NO8/c1-6-8-10-12-14-16-18-20-22-24-26-28-30-32-34-36-38-40-42-43-44-45-46-47-49-51-53-55-57-59-61-63-65-67-69-71-73-75-77-79-81-83-90(95)101-88(87-100-92(91(96)97)98-85-84-93(3,4)5)86-99-89(94)82-80-78-76-74-72-70-68-66-64-62-60-58-56-54-52-50-48-41-39-37-35-33-31-29-27-25-23-21-19-17-15-13-11-9-7-2/h8,10,14,16,19-22,25-28,32,34,38,40,43-44,46-47,51,53,88,92H,6-7,9,11-13,15,17-18,23-24,29-31,33,35-37,39,41-42,45,48-50,52,54-87H2,1-5H3/p+1/b10-8-,16-14-,21-19-,22-20-,27-25-,28-26-,34-32-,40-38-,44-43-,47-46-,53-51-. The molecule has 0 spiro atoms. The largest absolute Gasteiger partial charge is 0.477 e. The number of carbonyl (C=O) groups is 3. The highest BCUT2D eigenvalue weighted by Gasteiger charge is 2.25. The fraction of sp³-hybridized carbons (Fsp3) is 0.728. The van der Waals surface area contributed by atoms with Gasteiger partial charge in [0.25, 0.3) is 6.29 Å². The first kappa shape index (κ1) is 96.4. The van der Waals surface area contributed by atoms with Crippen molar-refractivity contribution in [2.24, 2.45) is 0 Å². The van der Waals surface area contributed by atoms with Gasteiger partial charge in [0.2, 0.25) is 0 Å². The zero-order valence-electron chi connectivity index (χ0n) is 66.5. The van der Waals surface area contributed by atoms with Crippen LogP contribution in [-0.4, -0.2) is 87.4 Å². The molecule has 0 aliphatic rings. The fourth-order valence-electron chi connectivity index (χ4n) is 12.0. The molecule has 0 aliphatic carbocycles. The van der Waals surface area contributed by atoms with E-state index in [1.54, 1.807) is 0 Å². The van der Waals surface area contributed by atoms with Gasteiger partial charge in [-0.1, -0.05) is 379 Å². The highest BCUT2D eigenvalue weighted by molar-refractivity contribution is 5.71. The Bertz CT molecular complexity index is 2130. The fourth-order valence-corrected chi connectivity index (χ4v) is 12.0. The van der Waals surface area contributed by atoms with E-state index >= 15 is 0 Å². The molecule has 0 aliphatic heterocycles. The molecular formula is C92H160NO8+. The van der Waals surface area contributed by atoms with Crippen LogP contribution in [0, 0.1) is 0 Å². The summed E-state index contributed by atoms with van der Waals surface area (Å²) in [5, 5.41) is 9.79. The molecule has 0 saturated heterocycles. The highest BCUT2D eigenvalue weighted by atomic mass is 16.7. The molecule has 9 nitrogen and oxygen atoms in total. The van der Waals surface area contributed by atoms with E-state index in [1.165, 1.54) is 238 Å². The van der Waals surface area contributed by atoms with Crippen molar-refractivity contribution >= 4 is 17.9 Å². The lowest BCUT2D eigenvalue weighted by atomic mass is 10.0. The van der Waals surface area contributed by atoms with E-state index in [-0.39, 0.29) is 32.2 Å². The molecule has 9 heteroatoms. The Kier molecular flexibility index (Phi) is 77.4. The molecule has 0 fully saturated rings. The van der Waals surface area contributed by atoms with Crippen LogP contribution in [-0.2, 0) is 33.3 Å². The molecule has 580 valence electrons. The minimum atomic E-state index is -1.52. The van der Waals surface area contributed by atoms with Crippen LogP contribution in [0.1, 0.15) is 373 Å². The van der Waals surface area contributed by atoms with Gasteiger partial charge in [0.15, 0.2) is 6.10 Å². The van der Waals surface area contributed by atoms with Crippen LogP contribution in [0.4, 0.5) is 0 Å². The molecule has 0 aromatic heterocycles. The Morgan fingerprint density at radius 1 is 0.307 bits per heavy atom. The number of nitrogens with zero attached hydrogens (tertiary/aromatic N) is 1. The molecule has 0 heterocycles. The number of hydrogen-bond acceptors (Lipinski definition) is 7. The normalized spacial score (nSPS) is 13.3. The van der Waals surface area contributed by atoms with E-state index in [9.17, 15) is 19.5 Å². The number of unbranched alkanes of at least 4 members (excludes halogenated alkanes) is 41. The van der Waals surface area contributed by atoms with Crippen molar-refractivity contribution in [3.05, 3.63) is 134 Å². The Hall–Kier alpha value is -4.57. The smallest absolute Gasteiger partial charge is 0.361 e. The quantitative estimate of drug-likeness (QED) is 0.0211. The van der Waals surface area contributed by atoms with Gasteiger partial charge in [0.1, 0.15) is 13.2 Å². The van der Waals surface area contributed by atoms with Crippen molar-refractivity contribution in [2.45, 2.75) is 386 Å². The van der Waals surface area contributed by atoms with Crippen LogP contribution in [0.25, 0.3) is 0 Å². The summed E-state index contributed by atoms with van der Waals surface area (Å²) in [5.41, 5.74) is 0. The molecule has 0 aromatic carbocycles. The zero-order valence-corrected chi connectivity index (χ0v) is 66.5. The number of esters is 2. The third-order valence-electron chi connectivity index (χ3n) is 18.4. The molecule has 0 saturated carbocycles. The van der Waals surface area contributed by atoms with Crippen molar-refractivity contribution < 1.29 is 42.9 Å². The summed E-state index contributed by atoms with van der Waals surface area (Å²) in [6.45, 7) is 4.79. The number of carboxylic acid groups (broad SMARTS) is 1. The van der Waals surface area contributed by atoms with Gasteiger partial charge in [-0.3, -0.25) is 9.59 Å². The summed E-state index contributed by atoms with van der Waals surface area (Å²) in [7, 11) is 5.99. The highest BCUT2D eigenvalue weighted by Crippen LogP contribution is 2.19. The lowest BCUT2D eigenvalue weighted by Crippen LogP contribution is -2.40. The Morgan fingerprint density at radius 3 is 0.842 bits per heavy atom. The molecule has 1 N–H and O–H groups in total. The van der Waals surface area contributed by atoms with Crippen molar-refractivity contribution in [2.75, 3.05) is 47.5 Å². The lowest BCUT2D eigenvalue weighted by Gasteiger charge is -2.25. The second-order valence-electron chi connectivity index (χ2n) is 29.4. The number of aliphatic carboxylic acids is 1. The van der Waals surface area contributed by atoms with Crippen LogP contribution in [0.2, 0.25) is 0 Å². The number of hydrogen-bond donors (Lipinski definition) is 1. The van der Waals surface area contributed by atoms with Crippen LogP contribution in [0.3, 0.4) is 0 Å². The summed E-state index contributed by atoms with van der Waals surface area (Å²) < 4.78 is 23.1. The number of allylic oxidation sites excluding steroid dienone is 22. The maximum atomic E-state index is 13.0. The van der Waals surface area contributed by atoms with E-state index in [4.69, 9.17) is 18.9 Å². The number of likely N-dealkylation sites (N-methyl/N-ethyl adjacent to an activating group) is 1. The summed E-state index contributed by atoms with van der Waals surface area (Å²) in [5.74, 6) is -1.99. The minimum absolute atomic E-state index is 0.184. The molecule has 2 atom stereocenters. The third kappa shape index (κ3) is 82.6. The molecule has 0 radical (unpaired) electrons. The molecule has 0 bridgehead atoms.